The summed E-state index contributed by atoms with van der Waals surface area (Å²) in [5.41, 5.74) is 6.37. The fourth-order valence-electron chi connectivity index (χ4n) is 1.23. The molecule has 0 unspecified atom stereocenters. The number of hydrogen-bond donors (Lipinski definition) is 1. The Labute approximate surface area is 86.7 Å². The third-order valence-corrected chi connectivity index (χ3v) is 1.89. The average molecular weight is 205 g/mol. The molecule has 0 spiro atoms. The highest BCUT2D eigenvalue weighted by molar-refractivity contribution is 5.39. The molecule has 6 nitrogen and oxygen atoms in total. The van der Waals surface area contributed by atoms with Gasteiger partial charge < -0.3 is 10.5 Å². The van der Waals surface area contributed by atoms with Crippen molar-refractivity contribution in [2.24, 2.45) is 0 Å². The van der Waals surface area contributed by atoms with Crippen molar-refractivity contribution in [3.8, 4) is 11.4 Å². The molecular weight excluding hydrogens is 194 g/mol. The van der Waals surface area contributed by atoms with Gasteiger partial charge in [-0.25, -0.2) is 0 Å². The Bertz CT molecular complexity index is 436. The number of rotatable bonds is 3. The zero-order valence-electron chi connectivity index (χ0n) is 8.29. The molecule has 0 aliphatic carbocycles. The van der Waals surface area contributed by atoms with Crippen LogP contribution < -0.4 is 10.5 Å². The van der Waals surface area contributed by atoms with Gasteiger partial charge in [-0.3, -0.25) is 0 Å². The zero-order valence-corrected chi connectivity index (χ0v) is 8.29. The lowest BCUT2D eigenvalue weighted by molar-refractivity contribution is 0.340. The van der Waals surface area contributed by atoms with Crippen molar-refractivity contribution < 1.29 is 4.74 Å². The highest BCUT2D eigenvalue weighted by Gasteiger charge is 2.03. The lowest BCUT2D eigenvalue weighted by Crippen LogP contribution is -2.02. The molecule has 0 saturated heterocycles. The standard InChI is InChI=1S/C9H11N5O/c1-2-15-8-5-3-7(4-6-8)14-9(10)11-12-13-14/h3-6H,2H2,1H3,(H2,10,11,13). The van der Waals surface area contributed by atoms with E-state index in [0.29, 0.717) is 6.61 Å². The summed E-state index contributed by atoms with van der Waals surface area (Å²) in [6, 6.07) is 7.38. The highest BCUT2D eigenvalue weighted by atomic mass is 16.5. The van der Waals surface area contributed by atoms with Gasteiger partial charge in [0.05, 0.1) is 12.3 Å². The van der Waals surface area contributed by atoms with E-state index < -0.39 is 0 Å². The van der Waals surface area contributed by atoms with Gasteiger partial charge in [-0.15, -0.1) is 0 Å². The van der Waals surface area contributed by atoms with E-state index in [1.165, 1.54) is 4.68 Å². The van der Waals surface area contributed by atoms with Gasteiger partial charge in [0.15, 0.2) is 0 Å². The molecule has 0 aliphatic heterocycles. The topological polar surface area (TPSA) is 78.8 Å². The van der Waals surface area contributed by atoms with Gasteiger partial charge in [0.1, 0.15) is 5.75 Å². The molecule has 1 aromatic carbocycles. The van der Waals surface area contributed by atoms with Gasteiger partial charge in [0.2, 0.25) is 5.95 Å². The van der Waals surface area contributed by atoms with E-state index in [4.69, 9.17) is 10.5 Å². The minimum atomic E-state index is 0.263. The van der Waals surface area contributed by atoms with Crippen LogP contribution in [0.4, 0.5) is 5.95 Å². The van der Waals surface area contributed by atoms with Crippen molar-refractivity contribution in [1.82, 2.24) is 20.2 Å². The Morgan fingerprint density at radius 2 is 2.07 bits per heavy atom. The molecule has 0 saturated carbocycles. The summed E-state index contributed by atoms with van der Waals surface area (Å²) in [4.78, 5) is 0. The number of anilines is 1. The van der Waals surface area contributed by atoms with Crippen molar-refractivity contribution in [2.75, 3.05) is 12.3 Å². The largest absolute Gasteiger partial charge is 0.494 e. The first-order chi connectivity index (χ1) is 7.31. The van der Waals surface area contributed by atoms with E-state index in [0.717, 1.165) is 11.4 Å². The molecule has 1 aromatic heterocycles. The maximum atomic E-state index is 5.56. The Morgan fingerprint density at radius 3 is 2.60 bits per heavy atom. The second-order valence-corrected chi connectivity index (χ2v) is 2.88. The second-order valence-electron chi connectivity index (χ2n) is 2.88. The summed E-state index contributed by atoms with van der Waals surface area (Å²) < 4.78 is 6.77. The van der Waals surface area contributed by atoms with Gasteiger partial charge in [-0.2, -0.15) is 4.68 Å². The Balaban J connectivity index is 2.28. The number of nitrogen functional groups attached to an aromatic ring is 1. The number of hydrogen-bond acceptors (Lipinski definition) is 5. The Kier molecular flexibility index (Phi) is 2.49. The number of ether oxygens (including phenoxy) is 1. The third kappa shape index (κ3) is 1.88. The number of nitrogens with two attached hydrogens (primary N) is 1. The van der Waals surface area contributed by atoms with Crippen LogP contribution in [0.15, 0.2) is 24.3 Å². The average Bonchev–Trinajstić information content (AvgIpc) is 2.66. The molecule has 2 rings (SSSR count). The molecule has 2 N–H and O–H groups in total. The van der Waals surface area contributed by atoms with E-state index in [1.807, 2.05) is 31.2 Å². The predicted molar refractivity (Wildman–Crippen MR) is 54.7 cm³/mol. The highest BCUT2D eigenvalue weighted by Crippen LogP contribution is 2.15. The SMILES string of the molecule is CCOc1ccc(-n2nnnc2N)cc1. The summed E-state index contributed by atoms with van der Waals surface area (Å²) in [6.45, 7) is 2.58. The second kappa shape index (κ2) is 3.95. The lowest BCUT2D eigenvalue weighted by atomic mass is 10.3. The first-order valence-corrected chi connectivity index (χ1v) is 4.58. The molecule has 0 fully saturated rings. The number of tetrazole rings is 1. The first kappa shape index (κ1) is 9.45. The minimum absolute atomic E-state index is 0.263. The first-order valence-electron chi connectivity index (χ1n) is 4.58. The lowest BCUT2D eigenvalue weighted by Gasteiger charge is -2.04. The van der Waals surface area contributed by atoms with Gasteiger partial charge in [0.25, 0.3) is 0 Å². The molecule has 15 heavy (non-hydrogen) atoms. The zero-order chi connectivity index (χ0) is 10.7. The van der Waals surface area contributed by atoms with Gasteiger partial charge in [-0.1, -0.05) is 5.10 Å². The van der Waals surface area contributed by atoms with E-state index in [-0.39, 0.29) is 5.95 Å². The summed E-state index contributed by atoms with van der Waals surface area (Å²) in [7, 11) is 0. The number of benzene rings is 1. The van der Waals surface area contributed by atoms with Crippen LogP contribution in [0.3, 0.4) is 0 Å². The fourth-order valence-corrected chi connectivity index (χ4v) is 1.23. The Hall–Kier alpha value is -2.11. The van der Waals surface area contributed by atoms with Crippen molar-refractivity contribution >= 4 is 5.95 Å². The summed E-state index contributed by atoms with van der Waals surface area (Å²) >= 11 is 0. The molecule has 0 bridgehead atoms. The van der Waals surface area contributed by atoms with E-state index in [1.54, 1.807) is 0 Å². The van der Waals surface area contributed by atoms with Crippen LogP contribution in [0.5, 0.6) is 5.75 Å². The summed E-state index contributed by atoms with van der Waals surface area (Å²) in [6.07, 6.45) is 0. The molecule has 0 aliphatic rings. The van der Waals surface area contributed by atoms with Gasteiger partial charge in [0, 0.05) is 0 Å². The van der Waals surface area contributed by atoms with E-state index >= 15 is 0 Å². The molecule has 1 heterocycles. The van der Waals surface area contributed by atoms with Gasteiger partial charge >= 0.3 is 0 Å². The normalized spacial score (nSPS) is 10.2. The monoisotopic (exact) mass is 205 g/mol. The maximum Gasteiger partial charge on any atom is 0.245 e. The predicted octanol–water partition coefficient (Wildman–Crippen LogP) is 0.643. The summed E-state index contributed by atoms with van der Waals surface area (Å²) in [5, 5.41) is 10.8. The van der Waals surface area contributed by atoms with Crippen molar-refractivity contribution in [3.63, 3.8) is 0 Å². The smallest absolute Gasteiger partial charge is 0.245 e. The van der Waals surface area contributed by atoms with Crippen LogP contribution in [0.25, 0.3) is 5.69 Å². The van der Waals surface area contributed by atoms with Crippen molar-refractivity contribution in [2.45, 2.75) is 6.92 Å². The number of aromatic nitrogens is 4. The quantitative estimate of drug-likeness (QED) is 0.795. The minimum Gasteiger partial charge on any atom is -0.494 e. The van der Waals surface area contributed by atoms with Gasteiger partial charge in [-0.05, 0) is 41.6 Å². The molecular formula is C9H11N5O. The molecule has 78 valence electrons. The van der Waals surface area contributed by atoms with Crippen LogP contribution in [0, 0.1) is 0 Å². The van der Waals surface area contributed by atoms with Crippen LogP contribution in [0.1, 0.15) is 6.92 Å². The van der Waals surface area contributed by atoms with Crippen LogP contribution in [-0.4, -0.2) is 26.8 Å². The van der Waals surface area contributed by atoms with Crippen molar-refractivity contribution in [3.05, 3.63) is 24.3 Å². The Morgan fingerprint density at radius 1 is 1.33 bits per heavy atom. The van der Waals surface area contributed by atoms with E-state index in [9.17, 15) is 0 Å². The van der Waals surface area contributed by atoms with Crippen LogP contribution >= 0.6 is 0 Å². The third-order valence-electron chi connectivity index (χ3n) is 1.89. The van der Waals surface area contributed by atoms with E-state index in [2.05, 4.69) is 15.5 Å². The summed E-state index contributed by atoms with van der Waals surface area (Å²) in [5.74, 6) is 1.08. The maximum absolute atomic E-state index is 5.56. The number of nitrogens with zero attached hydrogens (tertiary/aromatic N) is 4. The molecule has 0 amide bonds. The van der Waals surface area contributed by atoms with Crippen LogP contribution in [-0.2, 0) is 0 Å². The molecule has 6 heteroatoms. The fraction of sp³-hybridized carbons (Fsp3) is 0.222. The van der Waals surface area contributed by atoms with Crippen molar-refractivity contribution in [1.29, 1.82) is 0 Å². The molecule has 2 aromatic rings. The molecule has 0 radical (unpaired) electrons. The molecule has 0 atom stereocenters. The van der Waals surface area contributed by atoms with Crippen LogP contribution in [0.2, 0.25) is 0 Å².